The van der Waals surface area contributed by atoms with Crippen molar-refractivity contribution in [3.8, 4) is 0 Å². The number of piperazine rings is 1. The first kappa shape index (κ1) is 15.3. The van der Waals surface area contributed by atoms with E-state index < -0.39 is 0 Å². The lowest BCUT2D eigenvalue weighted by Crippen LogP contribution is -2.69. The van der Waals surface area contributed by atoms with E-state index in [1.807, 2.05) is 0 Å². The molecule has 2 saturated heterocycles. The molecule has 0 spiro atoms. The Morgan fingerprint density at radius 2 is 1.95 bits per heavy atom. The lowest BCUT2D eigenvalue weighted by atomic mass is 9.79. The van der Waals surface area contributed by atoms with E-state index in [0.29, 0.717) is 23.0 Å². The van der Waals surface area contributed by atoms with Crippen molar-refractivity contribution in [2.24, 2.45) is 5.41 Å². The van der Waals surface area contributed by atoms with Crippen molar-refractivity contribution in [2.45, 2.75) is 71.5 Å². The van der Waals surface area contributed by atoms with E-state index in [0.717, 1.165) is 19.8 Å². The molecule has 2 rings (SSSR count). The van der Waals surface area contributed by atoms with Gasteiger partial charge in [0.1, 0.15) is 0 Å². The summed E-state index contributed by atoms with van der Waals surface area (Å²) in [5, 5.41) is 3.82. The first-order chi connectivity index (χ1) is 8.93. The minimum absolute atomic E-state index is 0.325. The van der Waals surface area contributed by atoms with E-state index in [4.69, 9.17) is 4.74 Å². The molecule has 2 aliphatic heterocycles. The average Bonchev–Trinajstić information content (AvgIpc) is 2.90. The van der Waals surface area contributed by atoms with Crippen LogP contribution in [-0.2, 0) is 4.74 Å². The summed E-state index contributed by atoms with van der Waals surface area (Å²) in [5.41, 5.74) is 0.658. The molecule has 0 radical (unpaired) electrons. The molecule has 2 fully saturated rings. The van der Waals surface area contributed by atoms with Crippen molar-refractivity contribution >= 4 is 0 Å². The summed E-state index contributed by atoms with van der Waals surface area (Å²) in [6, 6.07) is 1.21. The lowest BCUT2D eigenvalue weighted by molar-refractivity contribution is -0.0257. The summed E-state index contributed by atoms with van der Waals surface area (Å²) < 4.78 is 5.65. The number of rotatable bonds is 3. The van der Waals surface area contributed by atoms with Crippen LogP contribution in [0.3, 0.4) is 0 Å². The van der Waals surface area contributed by atoms with Crippen LogP contribution in [-0.4, -0.2) is 48.8 Å². The molecule has 0 aliphatic carbocycles. The Hall–Kier alpha value is -0.120. The van der Waals surface area contributed by atoms with Gasteiger partial charge in [-0.1, -0.05) is 34.6 Å². The van der Waals surface area contributed by atoms with Gasteiger partial charge in [-0.3, -0.25) is 4.90 Å². The van der Waals surface area contributed by atoms with Crippen LogP contribution in [0, 0.1) is 5.41 Å². The fourth-order valence-electron chi connectivity index (χ4n) is 3.66. The molecule has 1 N–H and O–H groups in total. The van der Waals surface area contributed by atoms with Gasteiger partial charge in [0, 0.05) is 37.3 Å². The summed E-state index contributed by atoms with van der Waals surface area (Å²) >= 11 is 0. The molecule has 0 saturated carbocycles. The molecular weight excluding hydrogens is 236 g/mol. The summed E-state index contributed by atoms with van der Waals surface area (Å²) in [6.45, 7) is 15.9. The highest BCUT2D eigenvalue weighted by molar-refractivity contribution is 5.03. The zero-order chi connectivity index (χ0) is 14.1. The summed E-state index contributed by atoms with van der Waals surface area (Å²) in [6.07, 6.45) is 3.66. The van der Waals surface area contributed by atoms with Crippen molar-refractivity contribution in [1.82, 2.24) is 10.2 Å². The highest BCUT2D eigenvalue weighted by Crippen LogP contribution is 2.35. The van der Waals surface area contributed by atoms with Gasteiger partial charge in [0.25, 0.3) is 0 Å². The highest BCUT2D eigenvalue weighted by atomic mass is 16.5. The topological polar surface area (TPSA) is 24.5 Å². The monoisotopic (exact) mass is 268 g/mol. The largest absolute Gasteiger partial charge is 0.380 e. The van der Waals surface area contributed by atoms with Crippen LogP contribution in [0.5, 0.6) is 0 Å². The third-order valence-corrected chi connectivity index (χ3v) is 5.37. The first-order valence-corrected chi connectivity index (χ1v) is 8.01. The van der Waals surface area contributed by atoms with Crippen molar-refractivity contribution in [2.75, 3.05) is 26.3 Å². The second-order valence-electron chi connectivity index (χ2n) is 7.40. The number of hydrogen-bond donors (Lipinski definition) is 1. The maximum Gasteiger partial charge on any atom is 0.0622 e. The van der Waals surface area contributed by atoms with Crippen LogP contribution in [0.25, 0.3) is 0 Å². The minimum Gasteiger partial charge on any atom is -0.380 e. The van der Waals surface area contributed by atoms with Crippen LogP contribution in [0.15, 0.2) is 0 Å². The van der Waals surface area contributed by atoms with Gasteiger partial charge in [-0.2, -0.15) is 0 Å². The van der Waals surface area contributed by atoms with E-state index in [9.17, 15) is 0 Å². The van der Waals surface area contributed by atoms with Crippen molar-refractivity contribution in [3.63, 3.8) is 0 Å². The molecule has 2 aliphatic rings. The fraction of sp³-hybridized carbons (Fsp3) is 1.00. The van der Waals surface area contributed by atoms with E-state index in [1.54, 1.807) is 0 Å². The van der Waals surface area contributed by atoms with Crippen molar-refractivity contribution in [1.29, 1.82) is 0 Å². The molecule has 3 nitrogen and oxygen atoms in total. The van der Waals surface area contributed by atoms with Crippen LogP contribution in [0.1, 0.15) is 53.9 Å². The molecule has 0 bridgehead atoms. The molecule has 0 amide bonds. The van der Waals surface area contributed by atoms with Crippen molar-refractivity contribution in [3.05, 3.63) is 0 Å². The first-order valence-electron chi connectivity index (χ1n) is 8.01. The minimum atomic E-state index is 0.325. The molecule has 2 atom stereocenters. The summed E-state index contributed by atoms with van der Waals surface area (Å²) in [4.78, 5) is 2.78. The van der Waals surface area contributed by atoms with Crippen molar-refractivity contribution < 1.29 is 4.74 Å². The molecule has 0 aromatic carbocycles. The summed E-state index contributed by atoms with van der Waals surface area (Å²) in [5.74, 6) is 0. The molecule has 2 unspecified atom stereocenters. The second-order valence-corrected chi connectivity index (χ2v) is 7.40. The number of ether oxygens (including phenoxy) is 1. The molecular formula is C16H32N2O. The van der Waals surface area contributed by atoms with Crippen LogP contribution in [0.4, 0.5) is 0 Å². The Labute approximate surface area is 119 Å². The standard InChI is InChI=1S/C16H32N2O/c1-6-16(7-2)12-17-14(15(3,4)5)10-18(16)13-8-9-19-11-13/h13-14,17H,6-12H2,1-5H3. The zero-order valence-corrected chi connectivity index (χ0v) is 13.5. The predicted molar refractivity (Wildman–Crippen MR) is 80.5 cm³/mol. The SMILES string of the molecule is CCC1(CC)CNC(C(C)(C)C)CN1C1CCOC1. The molecule has 19 heavy (non-hydrogen) atoms. The van der Waals surface area contributed by atoms with E-state index in [2.05, 4.69) is 44.8 Å². The zero-order valence-electron chi connectivity index (χ0n) is 13.5. The second kappa shape index (κ2) is 5.71. The summed E-state index contributed by atoms with van der Waals surface area (Å²) in [7, 11) is 0. The maximum atomic E-state index is 5.65. The van der Waals surface area contributed by atoms with Crippen LogP contribution in [0.2, 0.25) is 0 Å². The smallest absolute Gasteiger partial charge is 0.0622 e. The molecule has 0 aromatic rings. The fourth-order valence-corrected chi connectivity index (χ4v) is 3.66. The Bertz CT molecular complexity index is 288. The van der Waals surface area contributed by atoms with E-state index in [-0.39, 0.29) is 0 Å². The van der Waals surface area contributed by atoms with Gasteiger partial charge < -0.3 is 10.1 Å². The van der Waals surface area contributed by atoms with Gasteiger partial charge in [0.05, 0.1) is 6.61 Å². The number of nitrogens with one attached hydrogen (secondary N) is 1. The van der Waals surface area contributed by atoms with Gasteiger partial charge >= 0.3 is 0 Å². The quantitative estimate of drug-likeness (QED) is 0.851. The van der Waals surface area contributed by atoms with Gasteiger partial charge in [-0.15, -0.1) is 0 Å². The van der Waals surface area contributed by atoms with Gasteiger partial charge in [-0.05, 0) is 24.7 Å². The molecule has 2 heterocycles. The normalized spacial score (nSPS) is 32.7. The van der Waals surface area contributed by atoms with Gasteiger partial charge in [-0.25, -0.2) is 0 Å². The Balaban J connectivity index is 2.18. The highest BCUT2D eigenvalue weighted by Gasteiger charge is 2.45. The third-order valence-electron chi connectivity index (χ3n) is 5.37. The lowest BCUT2D eigenvalue weighted by Gasteiger charge is -2.54. The third kappa shape index (κ3) is 2.98. The van der Waals surface area contributed by atoms with Gasteiger partial charge in [0.15, 0.2) is 0 Å². The number of hydrogen-bond acceptors (Lipinski definition) is 3. The Morgan fingerprint density at radius 1 is 1.26 bits per heavy atom. The average molecular weight is 268 g/mol. The van der Waals surface area contributed by atoms with Gasteiger partial charge in [0.2, 0.25) is 0 Å². The molecule has 3 heteroatoms. The Kier molecular flexibility index (Phi) is 4.59. The van der Waals surface area contributed by atoms with Crippen LogP contribution >= 0.6 is 0 Å². The van der Waals surface area contributed by atoms with E-state index in [1.165, 1.54) is 25.8 Å². The number of nitrogens with zero attached hydrogens (tertiary/aromatic N) is 1. The predicted octanol–water partition coefficient (Wildman–Crippen LogP) is 2.65. The van der Waals surface area contributed by atoms with Crippen LogP contribution < -0.4 is 5.32 Å². The maximum absolute atomic E-state index is 5.65. The Morgan fingerprint density at radius 3 is 2.42 bits per heavy atom. The molecule has 112 valence electrons. The van der Waals surface area contributed by atoms with E-state index >= 15 is 0 Å². The molecule has 0 aromatic heterocycles.